The van der Waals surface area contributed by atoms with Crippen molar-refractivity contribution < 1.29 is 53.6 Å². The van der Waals surface area contributed by atoms with Crippen molar-refractivity contribution in [1.82, 2.24) is 0 Å². The zero-order chi connectivity index (χ0) is 22.0. The van der Waals surface area contributed by atoms with Gasteiger partial charge in [-0.05, 0) is 13.8 Å². The van der Waals surface area contributed by atoms with Crippen LogP contribution in [0.1, 0.15) is 20.3 Å². The molecule has 11 heteroatoms. The Bertz CT molecular complexity index is 624. The molecule has 0 aromatic heterocycles. The average Bonchev–Trinajstić information content (AvgIpc) is 2.73. The van der Waals surface area contributed by atoms with Crippen LogP contribution in [0, 0.1) is 11.8 Å². The van der Waals surface area contributed by atoms with E-state index in [1.807, 2.05) is 6.92 Å². The van der Waals surface area contributed by atoms with E-state index in [0.717, 1.165) is 0 Å². The predicted octanol–water partition coefficient (Wildman–Crippen LogP) is -1.38. The van der Waals surface area contributed by atoms with Crippen LogP contribution in [0.2, 0.25) is 0 Å². The van der Waals surface area contributed by atoms with Crippen LogP contribution < -0.4 is 0 Å². The van der Waals surface area contributed by atoms with Gasteiger partial charge in [0.15, 0.2) is 12.6 Å². The number of esters is 1. The van der Waals surface area contributed by atoms with E-state index in [2.05, 4.69) is 0 Å². The van der Waals surface area contributed by atoms with Crippen LogP contribution in [0.4, 0.5) is 0 Å². The van der Waals surface area contributed by atoms with Crippen molar-refractivity contribution in [1.29, 1.82) is 0 Å². The molecule has 4 N–H and O–H groups in total. The lowest BCUT2D eigenvalue weighted by Gasteiger charge is -2.47. The maximum Gasteiger partial charge on any atom is 0.337 e. The molecule has 0 radical (unpaired) electrons. The lowest BCUT2D eigenvalue weighted by molar-refractivity contribution is -0.353. The first-order valence-electron chi connectivity index (χ1n) is 9.99. The molecule has 3 aliphatic heterocycles. The van der Waals surface area contributed by atoms with Crippen LogP contribution in [0.3, 0.4) is 0 Å². The maximum atomic E-state index is 12.3. The van der Waals surface area contributed by atoms with Gasteiger partial charge in [0, 0.05) is 18.9 Å². The quantitative estimate of drug-likeness (QED) is 0.366. The standard InChI is InChI=1S/C19H30O11/c1-4-26-12-5-9-10(17(24)25-3)7-27-18(13(9)8(2)28-12)30-19-16(23)15(22)14(21)11(6-20)29-19/h7-9,11-16,18-23H,4-6H2,1-3H3/t8?,9-,11?,12?,13+,14?,15?,16?,18?,19?/m0/s1. The fourth-order valence-corrected chi connectivity index (χ4v) is 4.19. The average molecular weight is 434 g/mol. The predicted molar refractivity (Wildman–Crippen MR) is 97.4 cm³/mol. The molecule has 0 aromatic carbocycles. The van der Waals surface area contributed by atoms with Crippen LogP contribution in [0.15, 0.2) is 11.8 Å². The van der Waals surface area contributed by atoms with Crippen LogP contribution in [0.5, 0.6) is 0 Å². The molecule has 2 saturated heterocycles. The van der Waals surface area contributed by atoms with E-state index in [1.54, 1.807) is 6.92 Å². The topological polar surface area (TPSA) is 153 Å². The molecule has 2 fully saturated rings. The van der Waals surface area contributed by atoms with Gasteiger partial charge in [0.05, 0.1) is 37.6 Å². The second-order valence-corrected chi connectivity index (χ2v) is 7.55. The summed E-state index contributed by atoms with van der Waals surface area (Å²) in [5.74, 6) is -1.39. The van der Waals surface area contributed by atoms with E-state index in [1.165, 1.54) is 13.4 Å². The minimum Gasteiger partial charge on any atom is -0.471 e. The van der Waals surface area contributed by atoms with E-state index >= 15 is 0 Å². The molecule has 0 aliphatic carbocycles. The fraction of sp³-hybridized carbons (Fsp3) is 0.842. The highest BCUT2D eigenvalue weighted by molar-refractivity contribution is 5.88. The van der Waals surface area contributed by atoms with Crippen molar-refractivity contribution in [2.75, 3.05) is 20.3 Å². The van der Waals surface area contributed by atoms with Gasteiger partial charge in [0.25, 0.3) is 0 Å². The monoisotopic (exact) mass is 434 g/mol. The minimum absolute atomic E-state index is 0.316. The Morgan fingerprint density at radius 3 is 2.53 bits per heavy atom. The molecule has 11 nitrogen and oxygen atoms in total. The molecule has 0 amide bonds. The number of methoxy groups -OCH3 is 1. The molecule has 0 bridgehead atoms. The lowest BCUT2D eigenvalue weighted by Crippen LogP contribution is -2.61. The summed E-state index contributed by atoms with van der Waals surface area (Å²) in [7, 11) is 1.28. The molecule has 0 saturated carbocycles. The molecule has 10 atom stereocenters. The minimum atomic E-state index is -1.58. The lowest BCUT2D eigenvalue weighted by atomic mass is 9.77. The number of aliphatic hydroxyl groups excluding tert-OH is 4. The smallest absolute Gasteiger partial charge is 0.337 e. The van der Waals surface area contributed by atoms with E-state index in [4.69, 9.17) is 28.4 Å². The normalized spacial score (nSPS) is 43.9. The van der Waals surface area contributed by atoms with Gasteiger partial charge in [-0.2, -0.15) is 0 Å². The number of hydrogen-bond donors (Lipinski definition) is 4. The number of carbonyl (C=O) groups excluding carboxylic acids is 1. The summed E-state index contributed by atoms with van der Waals surface area (Å²) < 4.78 is 33.2. The third-order valence-electron chi connectivity index (χ3n) is 5.75. The zero-order valence-corrected chi connectivity index (χ0v) is 17.1. The third-order valence-corrected chi connectivity index (χ3v) is 5.75. The van der Waals surface area contributed by atoms with Crippen LogP contribution in [0.25, 0.3) is 0 Å². The van der Waals surface area contributed by atoms with Crippen molar-refractivity contribution in [3.8, 4) is 0 Å². The molecule has 8 unspecified atom stereocenters. The molecular formula is C19H30O11. The van der Waals surface area contributed by atoms with Gasteiger partial charge < -0.3 is 48.8 Å². The van der Waals surface area contributed by atoms with Gasteiger partial charge in [-0.1, -0.05) is 0 Å². The van der Waals surface area contributed by atoms with Crippen LogP contribution in [-0.2, 0) is 33.2 Å². The molecular weight excluding hydrogens is 404 g/mol. The number of carbonyl (C=O) groups is 1. The molecule has 3 heterocycles. The number of aliphatic hydroxyl groups is 4. The van der Waals surface area contributed by atoms with Gasteiger partial charge >= 0.3 is 5.97 Å². The summed E-state index contributed by atoms with van der Waals surface area (Å²) in [4.78, 5) is 12.3. The summed E-state index contributed by atoms with van der Waals surface area (Å²) in [6, 6.07) is 0. The largest absolute Gasteiger partial charge is 0.471 e. The Balaban J connectivity index is 1.82. The Morgan fingerprint density at radius 2 is 1.90 bits per heavy atom. The summed E-state index contributed by atoms with van der Waals surface area (Å²) >= 11 is 0. The van der Waals surface area contributed by atoms with Crippen LogP contribution >= 0.6 is 0 Å². The van der Waals surface area contributed by atoms with E-state index in [0.29, 0.717) is 18.6 Å². The van der Waals surface area contributed by atoms with E-state index in [-0.39, 0.29) is 5.92 Å². The van der Waals surface area contributed by atoms with Crippen molar-refractivity contribution >= 4 is 5.97 Å². The molecule has 0 spiro atoms. The van der Waals surface area contributed by atoms with Gasteiger partial charge in [0.2, 0.25) is 6.29 Å². The second-order valence-electron chi connectivity index (χ2n) is 7.55. The second kappa shape index (κ2) is 9.88. The molecule has 0 aromatic rings. The Morgan fingerprint density at radius 1 is 1.17 bits per heavy atom. The number of rotatable bonds is 6. The molecule has 172 valence electrons. The van der Waals surface area contributed by atoms with Crippen molar-refractivity contribution in [2.45, 2.75) is 69.7 Å². The molecule has 3 rings (SSSR count). The highest BCUT2D eigenvalue weighted by Crippen LogP contribution is 2.43. The highest BCUT2D eigenvalue weighted by Gasteiger charge is 2.51. The zero-order valence-electron chi connectivity index (χ0n) is 17.1. The Kier molecular flexibility index (Phi) is 7.69. The summed E-state index contributed by atoms with van der Waals surface area (Å²) in [6.07, 6.45) is -7.51. The summed E-state index contributed by atoms with van der Waals surface area (Å²) in [5.41, 5.74) is 0.316. The maximum absolute atomic E-state index is 12.3. The SMILES string of the molecule is CCOC1C[C@H]2C(C(=O)OC)=COC(OC3OC(CO)C(O)C(O)C3O)[C@@H]2C(C)O1. The van der Waals surface area contributed by atoms with E-state index in [9.17, 15) is 25.2 Å². The van der Waals surface area contributed by atoms with Gasteiger partial charge in [0.1, 0.15) is 24.4 Å². The highest BCUT2D eigenvalue weighted by atomic mass is 16.8. The third kappa shape index (κ3) is 4.48. The molecule has 30 heavy (non-hydrogen) atoms. The first-order chi connectivity index (χ1) is 14.3. The number of hydrogen-bond acceptors (Lipinski definition) is 11. The summed E-state index contributed by atoms with van der Waals surface area (Å²) in [6.45, 7) is 3.49. The Hall–Kier alpha value is -1.31. The Labute approximate surface area is 174 Å². The fourth-order valence-electron chi connectivity index (χ4n) is 4.19. The first kappa shape index (κ1) is 23.4. The number of fused-ring (bicyclic) bond motifs is 1. The van der Waals surface area contributed by atoms with Crippen molar-refractivity contribution in [3.05, 3.63) is 11.8 Å². The molecule has 3 aliphatic rings. The van der Waals surface area contributed by atoms with Gasteiger partial charge in [-0.25, -0.2) is 4.79 Å². The van der Waals surface area contributed by atoms with Crippen LogP contribution in [-0.4, -0.2) is 96.1 Å². The van der Waals surface area contributed by atoms with Crippen molar-refractivity contribution in [2.24, 2.45) is 11.8 Å². The number of ether oxygens (including phenoxy) is 6. The van der Waals surface area contributed by atoms with Gasteiger partial charge in [-0.3, -0.25) is 0 Å². The van der Waals surface area contributed by atoms with Gasteiger partial charge in [-0.15, -0.1) is 0 Å². The van der Waals surface area contributed by atoms with Crippen molar-refractivity contribution in [3.63, 3.8) is 0 Å². The first-order valence-corrected chi connectivity index (χ1v) is 9.99. The van der Waals surface area contributed by atoms with E-state index < -0.39 is 67.9 Å². The summed E-state index contributed by atoms with van der Waals surface area (Å²) in [5, 5.41) is 39.6.